The fourth-order valence-electron chi connectivity index (χ4n) is 3.15. The SMILES string of the molecule is O[C@@H]1C[C@@H](c2nc(C3CC3)no2)C[C@@H]1CNc1ccccn1. The number of nitrogens with one attached hydrogen (secondary N) is 1. The highest BCUT2D eigenvalue weighted by atomic mass is 16.5. The lowest BCUT2D eigenvalue weighted by molar-refractivity contribution is 0.137. The minimum Gasteiger partial charge on any atom is -0.393 e. The number of aliphatic hydroxyl groups excluding tert-OH is 1. The summed E-state index contributed by atoms with van der Waals surface area (Å²) in [5.41, 5.74) is 0. The number of anilines is 1. The van der Waals surface area contributed by atoms with Crippen molar-refractivity contribution in [3.63, 3.8) is 0 Å². The van der Waals surface area contributed by atoms with Crippen LogP contribution in [0.2, 0.25) is 0 Å². The summed E-state index contributed by atoms with van der Waals surface area (Å²) in [5.74, 6) is 3.24. The van der Waals surface area contributed by atoms with Crippen LogP contribution in [0.3, 0.4) is 0 Å². The molecule has 2 N–H and O–H groups in total. The van der Waals surface area contributed by atoms with Crippen LogP contribution >= 0.6 is 0 Å². The zero-order valence-corrected chi connectivity index (χ0v) is 12.4. The highest BCUT2D eigenvalue weighted by Gasteiger charge is 2.38. The Morgan fingerprint density at radius 1 is 1.23 bits per heavy atom. The van der Waals surface area contributed by atoms with Crippen molar-refractivity contribution < 1.29 is 9.63 Å². The Morgan fingerprint density at radius 3 is 2.91 bits per heavy atom. The van der Waals surface area contributed by atoms with Crippen molar-refractivity contribution in [2.75, 3.05) is 11.9 Å². The van der Waals surface area contributed by atoms with Crippen molar-refractivity contribution >= 4 is 5.82 Å². The molecule has 0 radical (unpaired) electrons. The molecule has 2 aliphatic rings. The van der Waals surface area contributed by atoms with Crippen LogP contribution in [-0.4, -0.2) is 32.9 Å². The molecule has 2 aromatic heterocycles. The maximum Gasteiger partial charge on any atom is 0.229 e. The Hall–Kier alpha value is -1.95. The standard InChI is InChI=1S/C16H20N4O2/c21-13-8-11(16-19-15(20-22-16)10-4-5-10)7-12(13)9-18-14-3-1-2-6-17-14/h1-3,6,10-13,21H,4-5,7-9H2,(H,17,18)/t11-,12+,13+/m0/s1. The maximum atomic E-state index is 10.3. The predicted molar refractivity (Wildman–Crippen MR) is 80.5 cm³/mol. The molecule has 0 aliphatic heterocycles. The highest BCUT2D eigenvalue weighted by molar-refractivity contribution is 5.33. The van der Waals surface area contributed by atoms with Crippen LogP contribution in [-0.2, 0) is 0 Å². The lowest BCUT2D eigenvalue weighted by Gasteiger charge is -2.15. The molecule has 22 heavy (non-hydrogen) atoms. The molecule has 4 rings (SSSR count). The lowest BCUT2D eigenvalue weighted by Crippen LogP contribution is -2.22. The molecule has 3 atom stereocenters. The van der Waals surface area contributed by atoms with E-state index in [1.807, 2.05) is 18.2 Å². The third-order valence-electron chi connectivity index (χ3n) is 4.62. The maximum absolute atomic E-state index is 10.3. The Balaban J connectivity index is 1.36. The summed E-state index contributed by atoms with van der Waals surface area (Å²) in [6, 6.07) is 5.76. The van der Waals surface area contributed by atoms with Gasteiger partial charge in [-0.15, -0.1) is 0 Å². The summed E-state index contributed by atoms with van der Waals surface area (Å²) < 4.78 is 5.40. The topological polar surface area (TPSA) is 84.1 Å². The van der Waals surface area contributed by atoms with Gasteiger partial charge in [-0.05, 0) is 37.8 Å². The summed E-state index contributed by atoms with van der Waals surface area (Å²) in [4.78, 5) is 8.76. The van der Waals surface area contributed by atoms with Crippen molar-refractivity contribution in [1.82, 2.24) is 15.1 Å². The van der Waals surface area contributed by atoms with E-state index >= 15 is 0 Å². The Bertz CT molecular complexity index is 626. The number of pyridine rings is 1. The molecule has 2 aromatic rings. The number of hydrogen-bond acceptors (Lipinski definition) is 6. The van der Waals surface area contributed by atoms with Crippen molar-refractivity contribution in [2.24, 2.45) is 5.92 Å². The number of nitrogens with zero attached hydrogens (tertiary/aromatic N) is 3. The molecule has 0 amide bonds. The number of hydrogen-bond donors (Lipinski definition) is 2. The average Bonchev–Trinajstić information content (AvgIpc) is 3.16. The van der Waals surface area contributed by atoms with Crippen LogP contribution in [0.25, 0.3) is 0 Å². The van der Waals surface area contributed by atoms with Crippen LogP contribution in [0.4, 0.5) is 5.82 Å². The minimum atomic E-state index is -0.336. The summed E-state index contributed by atoms with van der Waals surface area (Å²) in [6.45, 7) is 0.707. The largest absolute Gasteiger partial charge is 0.393 e. The van der Waals surface area contributed by atoms with Gasteiger partial charge in [0.25, 0.3) is 0 Å². The zero-order valence-electron chi connectivity index (χ0n) is 12.4. The van der Waals surface area contributed by atoms with Gasteiger partial charge < -0.3 is 14.9 Å². The first-order chi connectivity index (χ1) is 10.8. The van der Waals surface area contributed by atoms with E-state index in [0.29, 0.717) is 24.8 Å². The second-order valence-electron chi connectivity index (χ2n) is 6.36. The second kappa shape index (κ2) is 5.68. The van der Waals surface area contributed by atoms with E-state index in [-0.39, 0.29) is 17.9 Å². The Kier molecular flexibility index (Phi) is 3.54. The molecule has 2 fully saturated rings. The van der Waals surface area contributed by atoms with Crippen LogP contribution in [0.5, 0.6) is 0 Å². The Morgan fingerprint density at radius 2 is 2.14 bits per heavy atom. The molecule has 0 unspecified atom stereocenters. The van der Waals surface area contributed by atoms with Gasteiger partial charge in [0.2, 0.25) is 5.89 Å². The number of rotatable bonds is 5. The molecule has 0 aromatic carbocycles. The van der Waals surface area contributed by atoms with E-state index in [4.69, 9.17) is 4.52 Å². The van der Waals surface area contributed by atoms with Gasteiger partial charge in [0, 0.05) is 30.5 Å². The van der Waals surface area contributed by atoms with Crippen LogP contribution in [0.1, 0.15) is 49.2 Å². The van der Waals surface area contributed by atoms with Gasteiger partial charge in [-0.25, -0.2) is 4.98 Å². The molecule has 116 valence electrons. The summed E-state index contributed by atoms with van der Waals surface area (Å²) in [7, 11) is 0. The van der Waals surface area contributed by atoms with E-state index in [9.17, 15) is 5.11 Å². The fourth-order valence-corrected chi connectivity index (χ4v) is 3.15. The van der Waals surface area contributed by atoms with E-state index in [2.05, 4.69) is 20.4 Å². The quantitative estimate of drug-likeness (QED) is 0.881. The molecule has 6 nitrogen and oxygen atoms in total. The van der Waals surface area contributed by atoms with Gasteiger partial charge in [0.05, 0.1) is 6.10 Å². The Labute approximate surface area is 129 Å². The third kappa shape index (κ3) is 2.83. The van der Waals surface area contributed by atoms with Gasteiger partial charge in [0.1, 0.15) is 5.82 Å². The molecular formula is C16H20N4O2. The number of aliphatic hydroxyl groups is 1. The van der Waals surface area contributed by atoms with Crippen LogP contribution in [0, 0.1) is 5.92 Å². The molecule has 0 spiro atoms. The molecule has 6 heteroatoms. The second-order valence-corrected chi connectivity index (χ2v) is 6.36. The summed E-state index contributed by atoms with van der Waals surface area (Å²) in [5, 5.41) is 17.6. The lowest BCUT2D eigenvalue weighted by atomic mass is 10.0. The van der Waals surface area contributed by atoms with E-state index in [1.165, 1.54) is 12.8 Å². The van der Waals surface area contributed by atoms with Gasteiger partial charge in [0.15, 0.2) is 5.82 Å². The van der Waals surface area contributed by atoms with Crippen molar-refractivity contribution in [1.29, 1.82) is 0 Å². The van der Waals surface area contributed by atoms with Crippen molar-refractivity contribution in [3.8, 4) is 0 Å². The van der Waals surface area contributed by atoms with Gasteiger partial charge in [-0.3, -0.25) is 0 Å². The molecular weight excluding hydrogens is 280 g/mol. The van der Waals surface area contributed by atoms with Crippen LogP contribution in [0.15, 0.2) is 28.9 Å². The fraction of sp³-hybridized carbons (Fsp3) is 0.562. The number of aromatic nitrogens is 3. The molecule has 2 heterocycles. The van der Waals surface area contributed by atoms with Crippen molar-refractivity contribution in [3.05, 3.63) is 36.1 Å². The zero-order chi connectivity index (χ0) is 14.9. The first kappa shape index (κ1) is 13.7. The molecule has 0 saturated heterocycles. The predicted octanol–water partition coefficient (Wildman–Crippen LogP) is 2.31. The van der Waals surface area contributed by atoms with E-state index < -0.39 is 0 Å². The van der Waals surface area contributed by atoms with Crippen molar-refractivity contribution in [2.45, 2.75) is 43.6 Å². The van der Waals surface area contributed by atoms with E-state index in [1.54, 1.807) is 6.20 Å². The first-order valence-corrected chi connectivity index (χ1v) is 7.96. The average molecular weight is 300 g/mol. The van der Waals surface area contributed by atoms with Crippen LogP contribution < -0.4 is 5.32 Å². The molecule has 0 bridgehead atoms. The van der Waals surface area contributed by atoms with E-state index in [0.717, 1.165) is 18.1 Å². The first-order valence-electron chi connectivity index (χ1n) is 7.96. The van der Waals surface area contributed by atoms with Gasteiger partial charge in [-0.1, -0.05) is 11.2 Å². The smallest absolute Gasteiger partial charge is 0.229 e. The molecule has 2 saturated carbocycles. The third-order valence-corrected chi connectivity index (χ3v) is 4.62. The van der Waals surface area contributed by atoms with Gasteiger partial charge in [-0.2, -0.15) is 4.98 Å². The minimum absolute atomic E-state index is 0.172. The summed E-state index contributed by atoms with van der Waals surface area (Å²) >= 11 is 0. The normalized spacial score (nSPS) is 28.0. The molecule has 2 aliphatic carbocycles. The summed E-state index contributed by atoms with van der Waals surface area (Å²) in [6.07, 6.45) is 5.33. The van der Waals surface area contributed by atoms with Gasteiger partial charge >= 0.3 is 0 Å². The highest BCUT2D eigenvalue weighted by Crippen LogP contribution is 2.41. The monoisotopic (exact) mass is 300 g/mol.